The van der Waals surface area contributed by atoms with E-state index >= 15 is 0 Å². The molecule has 3 nitrogen and oxygen atoms in total. The van der Waals surface area contributed by atoms with Crippen molar-refractivity contribution >= 4 is 5.91 Å². The summed E-state index contributed by atoms with van der Waals surface area (Å²) in [7, 11) is 0. The number of amides is 1. The molecule has 0 unspecified atom stereocenters. The highest BCUT2D eigenvalue weighted by atomic mass is 16.2. The lowest BCUT2D eigenvalue weighted by Crippen LogP contribution is -2.35. The first-order chi connectivity index (χ1) is 6.86. The molecule has 2 aliphatic rings. The number of nitrogens with one attached hydrogen (secondary N) is 1. The molecule has 0 atom stereocenters. The first kappa shape index (κ1) is 9.97. The van der Waals surface area contributed by atoms with Crippen LogP contribution in [0.4, 0.5) is 0 Å². The Bertz CT molecular complexity index is 199. The van der Waals surface area contributed by atoms with E-state index in [1.165, 1.54) is 38.5 Å². The molecule has 1 amide bonds. The van der Waals surface area contributed by atoms with Gasteiger partial charge in [0.25, 0.3) is 0 Å². The number of hydrazine groups is 1. The topological polar surface area (TPSA) is 32.3 Å². The number of rotatable bonds is 3. The monoisotopic (exact) mass is 196 g/mol. The largest absolute Gasteiger partial charge is 0.278 e. The highest BCUT2D eigenvalue weighted by Crippen LogP contribution is 2.26. The standard InChI is InChI=1S/C11H20N2O/c14-11-6-8-12-13(11)9-7-10-4-2-1-3-5-10/h10,12H,1-9H2. The van der Waals surface area contributed by atoms with Gasteiger partial charge in [-0.2, -0.15) is 0 Å². The lowest BCUT2D eigenvalue weighted by molar-refractivity contribution is -0.129. The van der Waals surface area contributed by atoms with Gasteiger partial charge >= 0.3 is 0 Å². The first-order valence-electron chi connectivity index (χ1n) is 5.90. The van der Waals surface area contributed by atoms with Crippen molar-refractivity contribution in [3.8, 4) is 0 Å². The molecular weight excluding hydrogens is 176 g/mol. The number of carbonyl (C=O) groups excluding carboxylic acids is 1. The first-order valence-corrected chi connectivity index (χ1v) is 5.90. The van der Waals surface area contributed by atoms with Crippen LogP contribution < -0.4 is 5.43 Å². The minimum Gasteiger partial charge on any atom is -0.278 e. The molecule has 0 spiro atoms. The fourth-order valence-corrected chi connectivity index (χ4v) is 2.51. The maximum absolute atomic E-state index is 11.3. The van der Waals surface area contributed by atoms with Gasteiger partial charge in [-0.3, -0.25) is 9.80 Å². The van der Waals surface area contributed by atoms with Crippen molar-refractivity contribution in [2.24, 2.45) is 5.92 Å². The molecule has 0 aromatic rings. The second kappa shape index (κ2) is 4.78. The minimum absolute atomic E-state index is 0.279. The van der Waals surface area contributed by atoms with Gasteiger partial charge in [0.15, 0.2) is 0 Å². The normalized spacial score (nSPS) is 24.6. The minimum atomic E-state index is 0.279. The van der Waals surface area contributed by atoms with E-state index in [1.807, 2.05) is 5.01 Å². The van der Waals surface area contributed by atoms with Crippen molar-refractivity contribution in [2.45, 2.75) is 44.9 Å². The Hall–Kier alpha value is -0.570. The highest BCUT2D eigenvalue weighted by molar-refractivity contribution is 5.77. The number of nitrogens with zero attached hydrogens (tertiary/aromatic N) is 1. The lowest BCUT2D eigenvalue weighted by Gasteiger charge is -2.24. The summed E-state index contributed by atoms with van der Waals surface area (Å²) in [5, 5.41) is 1.81. The quantitative estimate of drug-likeness (QED) is 0.745. The molecule has 14 heavy (non-hydrogen) atoms. The van der Waals surface area contributed by atoms with Gasteiger partial charge in [-0.05, 0) is 12.3 Å². The molecule has 2 fully saturated rings. The smallest absolute Gasteiger partial charge is 0.238 e. The van der Waals surface area contributed by atoms with E-state index in [0.717, 1.165) is 19.0 Å². The molecule has 80 valence electrons. The van der Waals surface area contributed by atoms with E-state index in [4.69, 9.17) is 0 Å². The van der Waals surface area contributed by atoms with Crippen LogP contribution in [0.5, 0.6) is 0 Å². The predicted octanol–water partition coefficient (Wildman–Crippen LogP) is 1.69. The van der Waals surface area contributed by atoms with E-state index < -0.39 is 0 Å². The molecule has 0 aromatic carbocycles. The Morgan fingerprint density at radius 3 is 2.71 bits per heavy atom. The summed E-state index contributed by atoms with van der Waals surface area (Å²) in [5.74, 6) is 1.15. The molecule has 2 rings (SSSR count). The van der Waals surface area contributed by atoms with Gasteiger partial charge in [0.05, 0.1) is 0 Å². The van der Waals surface area contributed by atoms with Crippen LogP contribution in [0.2, 0.25) is 0 Å². The molecule has 1 aliphatic heterocycles. The molecule has 0 aromatic heterocycles. The Morgan fingerprint density at radius 1 is 1.29 bits per heavy atom. The molecule has 1 N–H and O–H groups in total. The van der Waals surface area contributed by atoms with E-state index in [9.17, 15) is 4.79 Å². The van der Waals surface area contributed by atoms with Crippen LogP contribution in [0.1, 0.15) is 44.9 Å². The average Bonchev–Trinajstić information content (AvgIpc) is 2.63. The number of carbonyl (C=O) groups is 1. The Morgan fingerprint density at radius 2 is 2.07 bits per heavy atom. The number of hydrogen-bond donors (Lipinski definition) is 1. The molecule has 1 heterocycles. The van der Waals surface area contributed by atoms with Crippen molar-refractivity contribution in [3.63, 3.8) is 0 Å². The van der Waals surface area contributed by atoms with Gasteiger partial charge in [0.1, 0.15) is 0 Å². The maximum Gasteiger partial charge on any atom is 0.238 e. The summed E-state index contributed by atoms with van der Waals surface area (Å²) in [6, 6.07) is 0. The van der Waals surface area contributed by atoms with Crippen molar-refractivity contribution < 1.29 is 4.79 Å². The molecule has 0 radical (unpaired) electrons. The van der Waals surface area contributed by atoms with Gasteiger partial charge in [-0.1, -0.05) is 32.1 Å². The third-order valence-corrected chi connectivity index (χ3v) is 3.43. The second-order valence-electron chi connectivity index (χ2n) is 4.50. The zero-order chi connectivity index (χ0) is 9.80. The summed E-state index contributed by atoms with van der Waals surface area (Å²) in [5.41, 5.74) is 3.13. The van der Waals surface area contributed by atoms with Crippen LogP contribution in [0.15, 0.2) is 0 Å². The van der Waals surface area contributed by atoms with Crippen molar-refractivity contribution in [1.29, 1.82) is 0 Å². The Kier molecular flexibility index (Phi) is 3.40. The van der Waals surface area contributed by atoms with Crippen molar-refractivity contribution in [2.75, 3.05) is 13.1 Å². The van der Waals surface area contributed by atoms with Crippen molar-refractivity contribution in [3.05, 3.63) is 0 Å². The zero-order valence-electron chi connectivity index (χ0n) is 8.80. The fraction of sp³-hybridized carbons (Fsp3) is 0.909. The molecule has 3 heteroatoms. The summed E-state index contributed by atoms with van der Waals surface area (Å²) in [6.45, 7) is 1.76. The van der Waals surface area contributed by atoms with Crippen LogP contribution in [0, 0.1) is 5.92 Å². The van der Waals surface area contributed by atoms with E-state index in [2.05, 4.69) is 5.43 Å². The van der Waals surface area contributed by atoms with Gasteiger partial charge in [-0.25, -0.2) is 5.43 Å². The van der Waals surface area contributed by atoms with E-state index in [1.54, 1.807) is 0 Å². The van der Waals surface area contributed by atoms with E-state index in [-0.39, 0.29) is 5.91 Å². The lowest BCUT2D eigenvalue weighted by atomic mass is 9.87. The summed E-state index contributed by atoms with van der Waals surface area (Å²) >= 11 is 0. The predicted molar refractivity (Wildman–Crippen MR) is 55.5 cm³/mol. The summed E-state index contributed by atoms with van der Waals surface area (Å²) < 4.78 is 0. The van der Waals surface area contributed by atoms with Crippen LogP contribution in [-0.2, 0) is 4.79 Å². The van der Waals surface area contributed by atoms with Crippen molar-refractivity contribution in [1.82, 2.24) is 10.4 Å². The third kappa shape index (κ3) is 2.47. The molecular formula is C11H20N2O. The summed E-state index contributed by atoms with van der Waals surface area (Å²) in [4.78, 5) is 11.3. The SMILES string of the molecule is O=C1CCNN1CCC1CCCCC1. The number of hydrogen-bond acceptors (Lipinski definition) is 2. The molecule has 1 saturated carbocycles. The van der Waals surface area contributed by atoms with E-state index in [0.29, 0.717) is 6.42 Å². The van der Waals surface area contributed by atoms with Crippen LogP contribution >= 0.6 is 0 Å². The fourth-order valence-electron chi connectivity index (χ4n) is 2.51. The second-order valence-corrected chi connectivity index (χ2v) is 4.50. The highest BCUT2D eigenvalue weighted by Gasteiger charge is 2.21. The van der Waals surface area contributed by atoms with Crippen LogP contribution in [0.25, 0.3) is 0 Å². The third-order valence-electron chi connectivity index (χ3n) is 3.43. The molecule has 1 aliphatic carbocycles. The van der Waals surface area contributed by atoms with Crippen LogP contribution in [0.3, 0.4) is 0 Å². The van der Waals surface area contributed by atoms with Gasteiger partial charge in [0.2, 0.25) is 5.91 Å². The van der Waals surface area contributed by atoms with Crippen LogP contribution in [-0.4, -0.2) is 24.0 Å². The maximum atomic E-state index is 11.3. The zero-order valence-corrected chi connectivity index (χ0v) is 8.80. The molecule has 0 bridgehead atoms. The van der Waals surface area contributed by atoms with Gasteiger partial charge < -0.3 is 0 Å². The van der Waals surface area contributed by atoms with Gasteiger partial charge in [-0.15, -0.1) is 0 Å². The average molecular weight is 196 g/mol. The molecule has 1 saturated heterocycles. The Labute approximate surface area is 85.8 Å². The summed E-state index contributed by atoms with van der Waals surface area (Å²) in [6.07, 6.45) is 8.84. The van der Waals surface area contributed by atoms with Gasteiger partial charge in [0, 0.05) is 19.5 Å². The Balaban J connectivity index is 1.68.